The van der Waals surface area contributed by atoms with Crippen molar-refractivity contribution in [3.8, 4) is 0 Å². The molecular weight excluding hydrogens is 202 g/mol. The minimum Gasteiger partial charge on any atom is -0.262 e. The number of aryl methyl sites for hydroxylation is 3. The molecule has 0 radical (unpaired) electrons. The number of hydrogen-bond donors (Lipinski definition) is 0. The van der Waals surface area contributed by atoms with Gasteiger partial charge in [-0.2, -0.15) is 10.2 Å². The van der Waals surface area contributed by atoms with Crippen molar-refractivity contribution in [1.82, 2.24) is 24.5 Å². The molecule has 0 aliphatic carbocycles. The molecule has 5 heteroatoms. The van der Waals surface area contributed by atoms with Crippen LogP contribution in [-0.2, 0) is 13.1 Å². The summed E-state index contributed by atoms with van der Waals surface area (Å²) in [5, 5.41) is 8.62. The molecule has 0 saturated carbocycles. The first kappa shape index (κ1) is 10.9. The summed E-state index contributed by atoms with van der Waals surface area (Å²) in [7, 11) is 0. The third kappa shape index (κ3) is 2.13. The van der Waals surface area contributed by atoms with Crippen LogP contribution >= 0.6 is 0 Å². The van der Waals surface area contributed by atoms with Gasteiger partial charge in [0.1, 0.15) is 18.7 Å². The van der Waals surface area contributed by atoms with Gasteiger partial charge in [-0.3, -0.25) is 4.68 Å². The first-order chi connectivity index (χ1) is 7.70. The molecular formula is C11H17N5. The summed E-state index contributed by atoms with van der Waals surface area (Å²) in [5.41, 5.74) is 2.20. The Morgan fingerprint density at radius 3 is 2.69 bits per heavy atom. The lowest BCUT2D eigenvalue weighted by Gasteiger charge is -2.05. The third-order valence-electron chi connectivity index (χ3n) is 2.53. The lowest BCUT2D eigenvalue weighted by molar-refractivity contribution is 0.533. The van der Waals surface area contributed by atoms with Gasteiger partial charge in [0.25, 0.3) is 0 Å². The third-order valence-corrected chi connectivity index (χ3v) is 2.53. The molecule has 0 fully saturated rings. The molecule has 0 N–H and O–H groups in total. The Balaban J connectivity index is 2.20. The molecule has 0 atom stereocenters. The van der Waals surface area contributed by atoms with Gasteiger partial charge in [0, 0.05) is 12.2 Å². The highest BCUT2D eigenvalue weighted by atomic mass is 15.4. The Bertz CT molecular complexity index is 468. The van der Waals surface area contributed by atoms with Crippen molar-refractivity contribution in [3.05, 3.63) is 29.6 Å². The average molecular weight is 219 g/mol. The van der Waals surface area contributed by atoms with Crippen LogP contribution in [0.1, 0.15) is 30.6 Å². The Morgan fingerprint density at radius 1 is 1.25 bits per heavy atom. The van der Waals surface area contributed by atoms with Crippen LogP contribution in [0.4, 0.5) is 0 Å². The molecule has 2 rings (SSSR count). The van der Waals surface area contributed by atoms with Gasteiger partial charge >= 0.3 is 0 Å². The van der Waals surface area contributed by atoms with E-state index in [-0.39, 0.29) is 0 Å². The zero-order valence-electron chi connectivity index (χ0n) is 10.0. The molecule has 0 amide bonds. The van der Waals surface area contributed by atoms with Gasteiger partial charge < -0.3 is 0 Å². The van der Waals surface area contributed by atoms with Crippen LogP contribution in [0.5, 0.6) is 0 Å². The second-order valence-electron chi connectivity index (χ2n) is 3.98. The number of nitrogens with zero attached hydrogens (tertiary/aromatic N) is 5. The predicted molar refractivity (Wildman–Crippen MR) is 61.1 cm³/mol. The fourth-order valence-corrected chi connectivity index (χ4v) is 1.78. The van der Waals surface area contributed by atoms with Crippen LogP contribution in [-0.4, -0.2) is 24.5 Å². The van der Waals surface area contributed by atoms with Crippen molar-refractivity contribution >= 4 is 0 Å². The number of aromatic nitrogens is 5. The van der Waals surface area contributed by atoms with Crippen molar-refractivity contribution in [3.63, 3.8) is 0 Å². The Kier molecular flexibility index (Phi) is 3.03. The summed E-state index contributed by atoms with van der Waals surface area (Å²) >= 11 is 0. The average Bonchev–Trinajstić information content (AvgIpc) is 2.77. The highest BCUT2D eigenvalue weighted by Crippen LogP contribution is 2.05. The summed E-state index contributed by atoms with van der Waals surface area (Å²) < 4.78 is 3.90. The molecule has 2 aromatic rings. The van der Waals surface area contributed by atoms with Crippen molar-refractivity contribution < 1.29 is 0 Å². The molecule has 2 heterocycles. The van der Waals surface area contributed by atoms with Crippen LogP contribution in [0.2, 0.25) is 0 Å². The minimum atomic E-state index is 0.694. The molecule has 0 aliphatic rings. The van der Waals surface area contributed by atoms with E-state index in [4.69, 9.17) is 0 Å². The van der Waals surface area contributed by atoms with Crippen molar-refractivity contribution in [1.29, 1.82) is 0 Å². The van der Waals surface area contributed by atoms with Gasteiger partial charge in [-0.1, -0.05) is 6.92 Å². The van der Waals surface area contributed by atoms with E-state index in [0.717, 1.165) is 30.2 Å². The minimum absolute atomic E-state index is 0.694. The van der Waals surface area contributed by atoms with Crippen LogP contribution in [0.15, 0.2) is 12.4 Å². The number of rotatable bonds is 4. The van der Waals surface area contributed by atoms with E-state index in [2.05, 4.69) is 35.1 Å². The maximum Gasteiger partial charge on any atom is 0.148 e. The summed E-state index contributed by atoms with van der Waals surface area (Å²) in [6, 6.07) is 2.07. The molecule has 0 aliphatic heterocycles. The standard InChI is InChI=1S/C11H17N5/c1-4-5-15-11(12-8-13-15)7-16-10(3)6-9(2)14-16/h6,8H,4-5,7H2,1-3H3. The number of hydrogen-bond acceptors (Lipinski definition) is 3. The molecule has 0 spiro atoms. The Labute approximate surface area is 95.1 Å². The maximum absolute atomic E-state index is 4.42. The van der Waals surface area contributed by atoms with Crippen LogP contribution in [0.25, 0.3) is 0 Å². The summed E-state index contributed by atoms with van der Waals surface area (Å²) in [4.78, 5) is 4.27. The highest BCUT2D eigenvalue weighted by molar-refractivity contribution is 5.07. The van der Waals surface area contributed by atoms with E-state index in [1.54, 1.807) is 6.33 Å². The van der Waals surface area contributed by atoms with Crippen molar-refractivity contribution in [2.75, 3.05) is 0 Å². The molecule has 5 nitrogen and oxygen atoms in total. The van der Waals surface area contributed by atoms with Gasteiger partial charge in [-0.25, -0.2) is 9.67 Å². The first-order valence-corrected chi connectivity index (χ1v) is 5.58. The molecule has 0 unspecified atom stereocenters. The van der Waals surface area contributed by atoms with Gasteiger partial charge in [-0.05, 0) is 26.3 Å². The smallest absolute Gasteiger partial charge is 0.148 e. The lowest BCUT2D eigenvalue weighted by atomic mass is 10.4. The van der Waals surface area contributed by atoms with E-state index in [1.807, 2.05) is 16.3 Å². The molecule has 0 aromatic carbocycles. The Morgan fingerprint density at radius 2 is 2.06 bits per heavy atom. The first-order valence-electron chi connectivity index (χ1n) is 5.58. The molecule has 16 heavy (non-hydrogen) atoms. The van der Waals surface area contributed by atoms with E-state index < -0.39 is 0 Å². The maximum atomic E-state index is 4.42. The SMILES string of the molecule is CCCn1ncnc1Cn1nc(C)cc1C. The monoisotopic (exact) mass is 219 g/mol. The highest BCUT2D eigenvalue weighted by Gasteiger charge is 2.07. The molecule has 0 saturated heterocycles. The summed E-state index contributed by atoms with van der Waals surface area (Å²) in [6.45, 7) is 7.80. The molecule has 0 bridgehead atoms. The topological polar surface area (TPSA) is 48.5 Å². The molecule has 2 aromatic heterocycles. The normalized spacial score (nSPS) is 10.9. The van der Waals surface area contributed by atoms with E-state index in [0.29, 0.717) is 6.54 Å². The largest absolute Gasteiger partial charge is 0.262 e. The second kappa shape index (κ2) is 4.47. The second-order valence-corrected chi connectivity index (χ2v) is 3.98. The fraction of sp³-hybridized carbons (Fsp3) is 0.545. The molecule has 86 valence electrons. The quantitative estimate of drug-likeness (QED) is 0.784. The van der Waals surface area contributed by atoms with E-state index >= 15 is 0 Å². The predicted octanol–water partition coefficient (Wildman–Crippen LogP) is 1.55. The van der Waals surface area contributed by atoms with Gasteiger partial charge in [-0.15, -0.1) is 0 Å². The summed E-state index contributed by atoms with van der Waals surface area (Å²) in [6.07, 6.45) is 2.67. The fourth-order valence-electron chi connectivity index (χ4n) is 1.78. The van der Waals surface area contributed by atoms with Crippen molar-refractivity contribution in [2.24, 2.45) is 0 Å². The lowest BCUT2D eigenvalue weighted by Crippen LogP contribution is -2.12. The van der Waals surface area contributed by atoms with Gasteiger partial charge in [0.05, 0.1) is 5.69 Å². The van der Waals surface area contributed by atoms with Crippen LogP contribution < -0.4 is 0 Å². The van der Waals surface area contributed by atoms with Crippen molar-refractivity contribution in [2.45, 2.75) is 40.3 Å². The van der Waals surface area contributed by atoms with Crippen LogP contribution in [0.3, 0.4) is 0 Å². The van der Waals surface area contributed by atoms with Gasteiger partial charge in [0.2, 0.25) is 0 Å². The Hall–Kier alpha value is -1.65. The van der Waals surface area contributed by atoms with Crippen LogP contribution in [0, 0.1) is 13.8 Å². The summed E-state index contributed by atoms with van der Waals surface area (Å²) in [5.74, 6) is 0.966. The zero-order valence-corrected chi connectivity index (χ0v) is 10.0. The zero-order chi connectivity index (χ0) is 11.5. The van der Waals surface area contributed by atoms with Gasteiger partial charge in [0.15, 0.2) is 0 Å². The van der Waals surface area contributed by atoms with E-state index in [1.165, 1.54) is 0 Å². The van der Waals surface area contributed by atoms with E-state index in [9.17, 15) is 0 Å².